The SMILES string of the molecule is O=C(c1sccc1Cl)N1CC(N2CCNCC2)C1. The summed E-state index contributed by atoms with van der Waals surface area (Å²) < 4.78 is 0. The first-order chi connectivity index (χ1) is 8.75. The minimum absolute atomic E-state index is 0.0846. The molecule has 3 rings (SSSR count). The Hall–Kier alpha value is -0.620. The van der Waals surface area contributed by atoms with E-state index in [1.807, 2.05) is 10.3 Å². The molecule has 2 aliphatic rings. The first-order valence-electron chi connectivity index (χ1n) is 6.23. The van der Waals surface area contributed by atoms with Gasteiger partial charge < -0.3 is 10.2 Å². The predicted octanol–water partition coefficient (Wildman–Crippen LogP) is 1.13. The highest BCUT2D eigenvalue weighted by atomic mass is 35.5. The van der Waals surface area contributed by atoms with Crippen molar-refractivity contribution in [2.75, 3.05) is 39.3 Å². The molecule has 3 heterocycles. The van der Waals surface area contributed by atoms with E-state index in [9.17, 15) is 4.79 Å². The third-order valence-electron chi connectivity index (χ3n) is 3.63. The second-order valence-electron chi connectivity index (χ2n) is 4.75. The van der Waals surface area contributed by atoms with Crippen LogP contribution < -0.4 is 5.32 Å². The molecule has 0 spiro atoms. The van der Waals surface area contributed by atoms with E-state index >= 15 is 0 Å². The molecule has 4 nitrogen and oxygen atoms in total. The molecule has 1 aromatic rings. The summed E-state index contributed by atoms with van der Waals surface area (Å²) in [5, 5.41) is 5.79. The number of rotatable bonds is 2. The minimum atomic E-state index is 0.0846. The minimum Gasteiger partial charge on any atom is -0.335 e. The lowest BCUT2D eigenvalue weighted by Crippen LogP contribution is -2.63. The quantitative estimate of drug-likeness (QED) is 0.885. The van der Waals surface area contributed by atoms with Gasteiger partial charge in [0.25, 0.3) is 5.91 Å². The molecule has 1 aromatic heterocycles. The smallest absolute Gasteiger partial charge is 0.265 e. The van der Waals surface area contributed by atoms with Crippen LogP contribution in [0, 0.1) is 0 Å². The Balaban J connectivity index is 1.55. The van der Waals surface area contributed by atoms with Gasteiger partial charge in [0, 0.05) is 45.3 Å². The lowest BCUT2D eigenvalue weighted by Gasteiger charge is -2.46. The van der Waals surface area contributed by atoms with Gasteiger partial charge in [-0.2, -0.15) is 0 Å². The maximum absolute atomic E-state index is 12.2. The van der Waals surface area contributed by atoms with Crippen molar-refractivity contribution in [2.45, 2.75) is 6.04 Å². The summed E-state index contributed by atoms with van der Waals surface area (Å²) in [4.78, 5) is 17.2. The molecule has 0 unspecified atom stereocenters. The molecule has 2 saturated heterocycles. The number of nitrogens with one attached hydrogen (secondary N) is 1. The van der Waals surface area contributed by atoms with E-state index in [-0.39, 0.29) is 5.91 Å². The normalized spacial score (nSPS) is 21.9. The third kappa shape index (κ3) is 2.28. The summed E-state index contributed by atoms with van der Waals surface area (Å²) in [6, 6.07) is 2.32. The number of amides is 1. The van der Waals surface area contributed by atoms with Gasteiger partial charge in [-0.25, -0.2) is 0 Å². The van der Waals surface area contributed by atoms with Gasteiger partial charge in [-0.15, -0.1) is 11.3 Å². The zero-order valence-electron chi connectivity index (χ0n) is 10.1. The van der Waals surface area contributed by atoms with Crippen LogP contribution in [0.5, 0.6) is 0 Å². The average molecular weight is 286 g/mol. The highest BCUT2D eigenvalue weighted by molar-refractivity contribution is 7.12. The van der Waals surface area contributed by atoms with E-state index in [2.05, 4.69) is 10.2 Å². The van der Waals surface area contributed by atoms with E-state index in [4.69, 9.17) is 11.6 Å². The lowest BCUT2D eigenvalue weighted by molar-refractivity contribution is 0.0231. The van der Waals surface area contributed by atoms with Gasteiger partial charge in [-0.3, -0.25) is 9.69 Å². The third-order valence-corrected chi connectivity index (χ3v) is 4.96. The van der Waals surface area contributed by atoms with Crippen LogP contribution >= 0.6 is 22.9 Å². The molecule has 98 valence electrons. The summed E-state index contributed by atoms with van der Waals surface area (Å²) in [7, 11) is 0. The molecule has 0 radical (unpaired) electrons. The maximum Gasteiger partial charge on any atom is 0.265 e. The van der Waals surface area contributed by atoms with Crippen LogP contribution in [0.4, 0.5) is 0 Å². The molecule has 2 fully saturated rings. The second-order valence-corrected chi connectivity index (χ2v) is 6.07. The molecule has 6 heteroatoms. The first-order valence-corrected chi connectivity index (χ1v) is 7.48. The van der Waals surface area contributed by atoms with E-state index < -0.39 is 0 Å². The predicted molar refractivity (Wildman–Crippen MR) is 73.5 cm³/mol. The zero-order valence-corrected chi connectivity index (χ0v) is 11.6. The van der Waals surface area contributed by atoms with E-state index in [0.717, 1.165) is 39.3 Å². The molecule has 1 amide bonds. The monoisotopic (exact) mass is 285 g/mol. The van der Waals surface area contributed by atoms with Crippen LogP contribution in [0.3, 0.4) is 0 Å². The van der Waals surface area contributed by atoms with Crippen molar-refractivity contribution < 1.29 is 4.79 Å². The number of likely N-dealkylation sites (tertiary alicyclic amines) is 1. The van der Waals surface area contributed by atoms with Crippen molar-refractivity contribution in [1.82, 2.24) is 15.1 Å². The molecule has 18 heavy (non-hydrogen) atoms. The van der Waals surface area contributed by atoms with Crippen LogP contribution in [0.1, 0.15) is 9.67 Å². The van der Waals surface area contributed by atoms with Crippen LogP contribution in [0.25, 0.3) is 0 Å². The number of halogens is 1. The Morgan fingerprint density at radius 1 is 1.39 bits per heavy atom. The van der Waals surface area contributed by atoms with Crippen LogP contribution in [-0.2, 0) is 0 Å². The Bertz CT molecular complexity index is 438. The number of hydrogen-bond donors (Lipinski definition) is 1. The number of nitrogens with zero attached hydrogens (tertiary/aromatic N) is 2. The largest absolute Gasteiger partial charge is 0.335 e. The van der Waals surface area contributed by atoms with Crippen molar-refractivity contribution in [1.29, 1.82) is 0 Å². The highest BCUT2D eigenvalue weighted by Crippen LogP contribution is 2.26. The van der Waals surface area contributed by atoms with Crippen molar-refractivity contribution in [3.63, 3.8) is 0 Å². The fourth-order valence-corrected chi connectivity index (χ4v) is 3.59. The van der Waals surface area contributed by atoms with Gasteiger partial charge >= 0.3 is 0 Å². The van der Waals surface area contributed by atoms with Crippen LogP contribution in [-0.4, -0.2) is 61.0 Å². The zero-order chi connectivity index (χ0) is 12.5. The molecule has 0 bridgehead atoms. The molecule has 2 aliphatic heterocycles. The highest BCUT2D eigenvalue weighted by Gasteiger charge is 2.36. The number of carbonyl (C=O) groups is 1. The molecule has 0 aliphatic carbocycles. The summed E-state index contributed by atoms with van der Waals surface area (Å²) in [6.45, 7) is 5.97. The van der Waals surface area contributed by atoms with Crippen LogP contribution in [0.15, 0.2) is 11.4 Å². The topological polar surface area (TPSA) is 35.6 Å². The van der Waals surface area contributed by atoms with Crippen molar-refractivity contribution in [3.05, 3.63) is 21.3 Å². The standard InChI is InChI=1S/C12H16ClN3OS/c13-10-1-6-18-11(10)12(17)16-7-9(8-16)15-4-2-14-3-5-15/h1,6,9,14H,2-5,7-8H2. The number of carbonyl (C=O) groups excluding carboxylic acids is 1. The molecular weight excluding hydrogens is 270 g/mol. The number of hydrogen-bond acceptors (Lipinski definition) is 4. The number of thiophene rings is 1. The van der Waals surface area contributed by atoms with E-state index in [1.54, 1.807) is 6.07 Å². The first kappa shape index (κ1) is 12.4. The molecular formula is C12H16ClN3OS. The second kappa shape index (κ2) is 5.17. The van der Waals surface area contributed by atoms with E-state index in [0.29, 0.717) is 15.9 Å². The summed E-state index contributed by atoms with van der Waals surface area (Å²) in [5.41, 5.74) is 0. The van der Waals surface area contributed by atoms with Crippen molar-refractivity contribution in [2.24, 2.45) is 0 Å². The van der Waals surface area contributed by atoms with Crippen molar-refractivity contribution >= 4 is 28.8 Å². The Labute approximate surface area is 116 Å². The Morgan fingerprint density at radius 2 is 2.11 bits per heavy atom. The fourth-order valence-electron chi connectivity index (χ4n) is 2.49. The molecule has 0 atom stereocenters. The molecule has 0 aromatic carbocycles. The van der Waals surface area contributed by atoms with E-state index in [1.165, 1.54) is 11.3 Å². The summed E-state index contributed by atoms with van der Waals surface area (Å²) >= 11 is 7.41. The van der Waals surface area contributed by atoms with Gasteiger partial charge in [-0.1, -0.05) is 11.6 Å². The molecule has 1 N–H and O–H groups in total. The fraction of sp³-hybridized carbons (Fsp3) is 0.583. The van der Waals surface area contributed by atoms with Gasteiger partial charge in [-0.05, 0) is 11.4 Å². The summed E-state index contributed by atoms with van der Waals surface area (Å²) in [6.07, 6.45) is 0. The Kier molecular flexibility index (Phi) is 3.56. The molecule has 0 saturated carbocycles. The average Bonchev–Trinajstić information content (AvgIpc) is 2.75. The maximum atomic E-state index is 12.2. The number of piperazine rings is 1. The lowest BCUT2D eigenvalue weighted by atomic mass is 10.1. The van der Waals surface area contributed by atoms with Gasteiger partial charge in [0.05, 0.1) is 5.02 Å². The van der Waals surface area contributed by atoms with Gasteiger partial charge in [0.1, 0.15) is 4.88 Å². The Morgan fingerprint density at radius 3 is 2.72 bits per heavy atom. The summed E-state index contributed by atoms with van der Waals surface area (Å²) in [5.74, 6) is 0.0846. The van der Waals surface area contributed by atoms with Gasteiger partial charge in [0.15, 0.2) is 0 Å². The van der Waals surface area contributed by atoms with Crippen molar-refractivity contribution in [3.8, 4) is 0 Å². The van der Waals surface area contributed by atoms with Gasteiger partial charge in [0.2, 0.25) is 0 Å². The van der Waals surface area contributed by atoms with Crippen LogP contribution in [0.2, 0.25) is 5.02 Å².